The summed E-state index contributed by atoms with van der Waals surface area (Å²) in [5.74, 6) is 1.30. The van der Waals surface area contributed by atoms with E-state index >= 15 is 0 Å². The summed E-state index contributed by atoms with van der Waals surface area (Å²) in [7, 11) is 0. The number of para-hydroxylation sites is 3. The number of amides is 2. The van der Waals surface area contributed by atoms with Crippen molar-refractivity contribution in [1.29, 1.82) is 0 Å². The number of anilines is 2. The minimum Gasteiger partial charge on any atom is -0.455 e. The van der Waals surface area contributed by atoms with Crippen molar-refractivity contribution in [3.63, 3.8) is 0 Å². The number of nitrogens with one attached hydrogen (secondary N) is 2. The molecule has 0 saturated carbocycles. The Labute approximate surface area is 213 Å². The molecule has 4 rings (SSSR count). The number of carbonyl (C=O) groups is 2. The first-order valence-corrected chi connectivity index (χ1v) is 12.4. The SMILES string of the molecule is Cc1cccc(NC(=O)CN2CCN(CCC(=O)Nc3ccccc3Oc3ccccc3)CC2)c1C. The third-order valence-electron chi connectivity index (χ3n) is 6.50. The van der Waals surface area contributed by atoms with Gasteiger partial charge in [-0.2, -0.15) is 0 Å². The Morgan fingerprint density at radius 1 is 0.750 bits per heavy atom. The largest absolute Gasteiger partial charge is 0.455 e. The Morgan fingerprint density at radius 2 is 1.39 bits per heavy atom. The first-order valence-electron chi connectivity index (χ1n) is 12.4. The zero-order valence-corrected chi connectivity index (χ0v) is 21.0. The average molecular weight is 487 g/mol. The van der Waals surface area contributed by atoms with Gasteiger partial charge in [-0.1, -0.05) is 42.5 Å². The van der Waals surface area contributed by atoms with E-state index in [4.69, 9.17) is 4.74 Å². The summed E-state index contributed by atoms with van der Waals surface area (Å²) in [6.07, 6.45) is 0.396. The minimum absolute atomic E-state index is 0.00733. The van der Waals surface area contributed by atoms with Gasteiger partial charge in [0.2, 0.25) is 11.8 Å². The van der Waals surface area contributed by atoms with Crippen molar-refractivity contribution in [2.75, 3.05) is 49.9 Å². The maximum atomic E-state index is 12.6. The second-order valence-corrected chi connectivity index (χ2v) is 9.12. The van der Waals surface area contributed by atoms with Crippen LogP contribution in [0.3, 0.4) is 0 Å². The summed E-state index contributed by atoms with van der Waals surface area (Å²) in [5, 5.41) is 6.02. The molecule has 0 bridgehead atoms. The van der Waals surface area contributed by atoms with Crippen LogP contribution in [-0.2, 0) is 9.59 Å². The van der Waals surface area contributed by atoms with Crippen molar-refractivity contribution >= 4 is 23.2 Å². The Balaban J connectivity index is 1.19. The van der Waals surface area contributed by atoms with Crippen molar-refractivity contribution in [3.05, 3.63) is 83.9 Å². The summed E-state index contributed by atoms with van der Waals surface area (Å²) < 4.78 is 5.93. The van der Waals surface area contributed by atoms with Gasteiger partial charge in [0.15, 0.2) is 5.75 Å². The molecule has 36 heavy (non-hydrogen) atoms. The van der Waals surface area contributed by atoms with Crippen molar-refractivity contribution in [2.45, 2.75) is 20.3 Å². The van der Waals surface area contributed by atoms with Crippen LogP contribution in [0.1, 0.15) is 17.5 Å². The minimum atomic E-state index is -0.0468. The number of carbonyl (C=O) groups excluding carboxylic acids is 2. The maximum absolute atomic E-state index is 12.6. The zero-order valence-electron chi connectivity index (χ0n) is 21.0. The Morgan fingerprint density at radius 3 is 2.17 bits per heavy atom. The number of nitrogens with zero attached hydrogens (tertiary/aromatic N) is 2. The predicted octanol–water partition coefficient (Wildman–Crippen LogP) is 4.68. The van der Waals surface area contributed by atoms with Crippen molar-refractivity contribution in [2.24, 2.45) is 0 Å². The molecule has 188 valence electrons. The van der Waals surface area contributed by atoms with Crippen LogP contribution in [0.5, 0.6) is 11.5 Å². The van der Waals surface area contributed by atoms with E-state index < -0.39 is 0 Å². The Kier molecular flexibility index (Phi) is 8.71. The molecule has 0 spiro atoms. The molecule has 0 atom stereocenters. The lowest BCUT2D eigenvalue weighted by molar-refractivity contribution is -0.117. The van der Waals surface area contributed by atoms with Gasteiger partial charge in [-0.25, -0.2) is 0 Å². The first-order chi connectivity index (χ1) is 17.5. The molecule has 2 N–H and O–H groups in total. The number of benzene rings is 3. The molecule has 1 aliphatic heterocycles. The van der Waals surface area contributed by atoms with Crippen molar-refractivity contribution < 1.29 is 14.3 Å². The number of aryl methyl sites for hydroxylation is 1. The van der Waals surface area contributed by atoms with E-state index in [1.807, 2.05) is 86.6 Å². The molecule has 2 amide bonds. The summed E-state index contributed by atoms with van der Waals surface area (Å²) in [6, 6.07) is 22.9. The predicted molar refractivity (Wildman–Crippen MR) is 144 cm³/mol. The van der Waals surface area contributed by atoms with E-state index in [-0.39, 0.29) is 11.8 Å². The standard InChI is InChI=1S/C29H34N4O3/c1-22-9-8-13-25(23(22)2)30-29(35)21-33-19-17-32(18-20-33)16-15-28(34)31-26-12-6-7-14-27(26)36-24-10-4-3-5-11-24/h3-14H,15-21H2,1-2H3,(H,30,35)(H,31,34). The fraction of sp³-hybridized carbons (Fsp3) is 0.310. The van der Waals surface area contributed by atoms with Crippen LogP contribution in [-0.4, -0.2) is 60.9 Å². The number of piperazine rings is 1. The Bertz CT molecular complexity index is 1170. The summed E-state index contributed by atoms with van der Waals surface area (Å²) >= 11 is 0. The molecular weight excluding hydrogens is 452 g/mol. The Hall–Kier alpha value is -3.68. The fourth-order valence-electron chi connectivity index (χ4n) is 4.20. The van der Waals surface area contributed by atoms with Crippen LogP contribution in [0.2, 0.25) is 0 Å². The van der Waals surface area contributed by atoms with Crippen LogP contribution in [0.4, 0.5) is 11.4 Å². The van der Waals surface area contributed by atoms with E-state index in [0.29, 0.717) is 30.9 Å². The maximum Gasteiger partial charge on any atom is 0.238 e. The molecule has 0 aromatic heterocycles. The van der Waals surface area contributed by atoms with Crippen molar-refractivity contribution in [3.8, 4) is 11.5 Å². The summed E-state index contributed by atoms with van der Waals surface area (Å²) in [5.41, 5.74) is 3.80. The highest BCUT2D eigenvalue weighted by molar-refractivity contribution is 5.93. The van der Waals surface area contributed by atoms with E-state index in [1.165, 1.54) is 0 Å². The molecule has 1 aliphatic rings. The molecule has 1 fully saturated rings. The smallest absolute Gasteiger partial charge is 0.238 e. The van der Waals surface area contributed by atoms with Gasteiger partial charge in [-0.15, -0.1) is 0 Å². The van der Waals surface area contributed by atoms with Crippen LogP contribution >= 0.6 is 0 Å². The molecular formula is C29H34N4O3. The number of rotatable bonds is 9. The molecule has 0 aliphatic carbocycles. The lowest BCUT2D eigenvalue weighted by Crippen LogP contribution is -2.49. The van der Waals surface area contributed by atoms with E-state index in [2.05, 4.69) is 20.4 Å². The van der Waals surface area contributed by atoms with Gasteiger partial charge >= 0.3 is 0 Å². The number of hydrogen-bond donors (Lipinski definition) is 2. The topological polar surface area (TPSA) is 73.9 Å². The van der Waals surface area contributed by atoms with E-state index in [9.17, 15) is 9.59 Å². The lowest BCUT2D eigenvalue weighted by Gasteiger charge is -2.34. The molecule has 7 nitrogen and oxygen atoms in total. The van der Waals surface area contributed by atoms with Crippen LogP contribution in [0.15, 0.2) is 72.8 Å². The van der Waals surface area contributed by atoms with Gasteiger partial charge in [0.05, 0.1) is 12.2 Å². The third kappa shape index (κ3) is 7.16. The highest BCUT2D eigenvalue weighted by Gasteiger charge is 2.20. The second-order valence-electron chi connectivity index (χ2n) is 9.12. The molecule has 3 aromatic rings. The second kappa shape index (κ2) is 12.3. The third-order valence-corrected chi connectivity index (χ3v) is 6.50. The van der Waals surface area contributed by atoms with Gasteiger partial charge in [0.25, 0.3) is 0 Å². The quantitative estimate of drug-likeness (QED) is 0.459. The molecule has 1 heterocycles. The molecule has 7 heteroatoms. The van der Waals surface area contributed by atoms with Crippen LogP contribution in [0.25, 0.3) is 0 Å². The van der Waals surface area contributed by atoms with Gasteiger partial charge in [-0.05, 0) is 55.3 Å². The normalized spacial score (nSPS) is 14.3. The highest BCUT2D eigenvalue weighted by Crippen LogP contribution is 2.29. The van der Waals surface area contributed by atoms with Gasteiger partial charge in [0, 0.05) is 44.8 Å². The summed E-state index contributed by atoms with van der Waals surface area (Å²) in [4.78, 5) is 29.6. The summed E-state index contributed by atoms with van der Waals surface area (Å²) in [6.45, 7) is 8.38. The van der Waals surface area contributed by atoms with Crippen LogP contribution < -0.4 is 15.4 Å². The monoisotopic (exact) mass is 486 g/mol. The molecule has 0 unspecified atom stereocenters. The van der Waals surface area contributed by atoms with E-state index in [0.717, 1.165) is 48.7 Å². The van der Waals surface area contributed by atoms with Crippen molar-refractivity contribution in [1.82, 2.24) is 9.80 Å². The van der Waals surface area contributed by atoms with Gasteiger partial charge in [0.1, 0.15) is 5.75 Å². The lowest BCUT2D eigenvalue weighted by atomic mass is 10.1. The zero-order chi connectivity index (χ0) is 25.3. The van der Waals surface area contributed by atoms with Gasteiger partial charge < -0.3 is 20.3 Å². The average Bonchev–Trinajstić information content (AvgIpc) is 2.88. The van der Waals surface area contributed by atoms with Crippen LogP contribution in [0, 0.1) is 13.8 Å². The molecule has 0 radical (unpaired) electrons. The van der Waals surface area contributed by atoms with Gasteiger partial charge in [-0.3, -0.25) is 14.5 Å². The van der Waals surface area contributed by atoms with E-state index in [1.54, 1.807) is 0 Å². The number of hydrogen-bond acceptors (Lipinski definition) is 5. The molecule has 1 saturated heterocycles. The first kappa shape index (κ1) is 25.4. The highest BCUT2D eigenvalue weighted by atomic mass is 16.5. The molecule has 3 aromatic carbocycles. The fourth-order valence-corrected chi connectivity index (χ4v) is 4.20. The number of ether oxygens (including phenoxy) is 1.